The Kier molecular flexibility index (Phi) is 5.08. The zero-order valence-electron chi connectivity index (χ0n) is 13.8. The van der Waals surface area contributed by atoms with Crippen molar-refractivity contribution in [3.63, 3.8) is 0 Å². The van der Waals surface area contributed by atoms with Gasteiger partial charge in [-0.25, -0.2) is 0 Å². The number of hydrogen-bond acceptors (Lipinski definition) is 7. The van der Waals surface area contributed by atoms with Gasteiger partial charge in [0.1, 0.15) is 12.4 Å². The summed E-state index contributed by atoms with van der Waals surface area (Å²) in [6.07, 6.45) is 0.964. The van der Waals surface area contributed by atoms with E-state index >= 15 is 0 Å². The molecule has 0 amide bonds. The zero-order chi connectivity index (χ0) is 16.9. The number of likely N-dealkylation sites (tertiary alicyclic amines) is 1. The van der Waals surface area contributed by atoms with E-state index in [4.69, 9.17) is 19.3 Å². The number of nitriles is 1. The molecule has 1 aromatic heterocycles. The normalized spacial score (nSPS) is 20.9. The molecule has 1 aliphatic heterocycles. The Bertz CT molecular complexity index is 725. The fourth-order valence-electron chi connectivity index (χ4n) is 2.92. The standard InChI is InChI=1S/C17H20N4O3/c1-12-19-17(24-20-12)16-9-15(22-2)11-21(16)6-7-23-14-5-3-4-13(8-14)10-18/h3-5,8,15-16H,6-7,9,11H2,1-2H3/t15-,16-/m1/s1. The second-order valence-corrected chi connectivity index (χ2v) is 5.77. The van der Waals surface area contributed by atoms with Crippen molar-refractivity contribution in [1.29, 1.82) is 5.26 Å². The maximum absolute atomic E-state index is 8.93. The monoisotopic (exact) mass is 328 g/mol. The molecule has 0 bridgehead atoms. The first kappa shape index (κ1) is 16.4. The van der Waals surface area contributed by atoms with E-state index in [1.165, 1.54) is 0 Å². The van der Waals surface area contributed by atoms with Crippen molar-refractivity contribution in [2.45, 2.75) is 25.5 Å². The summed E-state index contributed by atoms with van der Waals surface area (Å²) in [5.74, 6) is 1.95. The van der Waals surface area contributed by atoms with Crippen LogP contribution in [0.5, 0.6) is 5.75 Å². The maximum atomic E-state index is 8.93. The lowest BCUT2D eigenvalue weighted by Crippen LogP contribution is -2.29. The molecule has 1 saturated heterocycles. The van der Waals surface area contributed by atoms with Crippen LogP contribution >= 0.6 is 0 Å². The van der Waals surface area contributed by atoms with E-state index < -0.39 is 0 Å². The Hall–Kier alpha value is -2.43. The van der Waals surface area contributed by atoms with Crippen LogP contribution < -0.4 is 4.74 Å². The van der Waals surface area contributed by atoms with Crippen LogP contribution in [0, 0.1) is 18.3 Å². The van der Waals surface area contributed by atoms with E-state index in [0.29, 0.717) is 36.2 Å². The molecule has 24 heavy (non-hydrogen) atoms. The first-order chi connectivity index (χ1) is 11.7. The minimum absolute atomic E-state index is 0.0465. The van der Waals surface area contributed by atoms with E-state index in [2.05, 4.69) is 21.1 Å². The molecule has 1 aliphatic rings. The Labute approximate surface area is 140 Å². The van der Waals surface area contributed by atoms with Gasteiger partial charge in [-0.1, -0.05) is 11.2 Å². The van der Waals surface area contributed by atoms with Gasteiger partial charge < -0.3 is 14.0 Å². The molecule has 1 fully saturated rings. The summed E-state index contributed by atoms with van der Waals surface area (Å²) >= 11 is 0. The molecule has 3 rings (SSSR count). The molecule has 126 valence electrons. The predicted molar refractivity (Wildman–Crippen MR) is 85.4 cm³/mol. The van der Waals surface area contributed by atoms with E-state index in [9.17, 15) is 0 Å². The van der Waals surface area contributed by atoms with E-state index in [0.717, 1.165) is 13.0 Å². The Balaban J connectivity index is 1.60. The SMILES string of the molecule is CO[C@@H]1C[C@H](c2nc(C)no2)N(CCOc2cccc(C#N)c2)C1. The Morgan fingerprint density at radius 3 is 3.04 bits per heavy atom. The topological polar surface area (TPSA) is 84.4 Å². The van der Waals surface area contributed by atoms with Crippen LogP contribution in [0.4, 0.5) is 0 Å². The number of aryl methyl sites for hydroxylation is 1. The molecule has 0 radical (unpaired) electrons. The largest absolute Gasteiger partial charge is 0.492 e. The summed E-state index contributed by atoms with van der Waals surface area (Å²) in [6.45, 7) is 3.83. The summed E-state index contributed by atoms with van der Waals surface area (Å²) in [7, 11) is 1.72. The molecule has 0 saturated carbocycles. The number of methoxy groups -OCH3 is 1. The van der Waals surface area contributed by atoms with Gasteiger partial charge in [0.15, 0.2) is 5.82 Å². The number of nitrogens with zero attached hydrogens (tertiary/aromatic N) is 4. The number of hydrogen-bond donors (Lipinski definition) is 0. The smallest absolute Gasteiger partial charge is 0.244 e. The average Bonchev–Trinajstić information content (AvgIpc) is 3.21. The van der Waals surface area contributed by atoms with E-state index in [1.807, 2.05) is 19.1 Å². The Morgan fingerprint density at radius 1 is 1.46 bits per heavy atom. The van der Waals surface area contributed by atoms with Gasteiger partial charge in [-0.3, -0.25) is 4.90 Å². The number of aromatic nitrogens is 2. The van der Waals surface area contributed by atoms with Crippen LogP contribution in [0.1, 0.15) is 29.7 Å². The summed E-state index contributed by atoms with van der Waals surface area (Å²) in [4.78, 5) is 6.58. The van der Waals surface area contributed by atoms with Crippen molar-refractivity contribution < 1.29 is 14.0 Å². The lowest BCUT2D eigenvalue weighted by Gasteiger charge is -2.21. The number of rotatable bonds is 6. The molecule has 0 N–H and O–H groups in total. The summed E-state index contributed by atoms with van der Waals surface area (Å²) in [6, 6.07) is 9.31. The molecule has 7 heteroatoms. The van der Waals surface area contributed by atoms with Gasteiger partial charge in [-0.15, -0.1) is 0 Å². The highest BCUT2D eigenvalue weighted by Gasteiger charge is 2.36. The summed E-state index contributed by atoms with van der Waals surface area (Å²) in [5.41, 5.74) is 0.590. The molecule has 0 spiro atoms. The second-order valence-electron chi connectivity index (χ2n) is 5.77. The van der Waals surface area contributed by atoms with Crippen molar-refractivity contribution in [2.24, 2.45) is 0 Å². The van der Waals surface area contributed by atoms with Gasteiger partial charge in [-0.2, -0.15) is 10.2 Å². The third-order valence-electron chi connectivity index (χ3n) is 4.14. The third-order valence-corrected chi connectivity index (χ3v) is 4.14. The van der Waals surface area contributed by atoms with Gasteiger partial charge in [0.25, 0.3) is 0 Å². The molecular weight excluding hydrogens is 308 g/mol. The van der Waals surface area contributed by atoms with Gasteiger partial charge in [0.2, 0.25) is 5.89 Å². The van der Waals surface area contributed by atoms with Crippen molar-refractivity contribution >= 4 is 0 Å². The zero-order valence-corrected chi connectivity index (χ0v) is 13.8. The van der Waals surface area contributed by atoms with Crippen LogP contribution in [0.3, 0.4) is 0 Å². The van der Waals surface area contributed by atoms with Crippen molar-refractivity contribution in [2.75, 3.05) is 26.8 Å². The minimum atomic E-state index is 0.0465. The molecule has 2 atom stereocenters. The van der Waals surface area contributed by atoms with Gasteiger partial charge in [0.05, 0.1) is 23.8 Å². The van der Waals surface area contributed by atoms with E-state index in [-0.39, 0.29) is 12.1 Å². The van der Waals surface area contributed by atoms with Crippen molar-refractivity contribution in [3.8, 4) is 11.8 Å². The van der Waals surface area contributed by atoms with Crippen molar-refractivity contribution in [3.05, 3.63) is 41.5 Å². The van der Waals surface area contributed by atoms with Crippen LogP contribution in [-0.2, 0) is 4.74 Å². The molecule has 7 nitrogen and oxygen atoms in total. The molecule has 1 aromatic carbocycles. The predicted octanol–water partition coefficient (Wildman–Crippen LogP) is 2.09. The van der Waals surface area contributed by atoms with Crippen LogP contribution in [0.25, 0.3) is 0 Å². The second kappa shape index (κ2) is 7.43. The number of benzene rings is 1. The van der Waals surface area contributed by atoms with Crippen LogP contribution in [-0.4, -0.2) is 48.0 Å². The molecular formula is C17H20N4O3. The fraction of sp³-hybridized carbons (Fsp3) is 0.471. The maximum Gasteiger partial charge on any atom is 0.244 e. The highest BCUT2D eigenvalue weighted by molar-refractivity contribution is 5.36. The van der Waals surface area contributed by atoms with Gasteiger partial charge >= 0.3 is 0 Å². The van der Waals surface area contributed by atoms with E-state index in [1.54, 1.807) is 19.2 Å². The lowest BCUT2D eigenvalue weighted by atomic mass is 10.2. The molecule has 0 unspecified atom stereocenters. The van der Waals surface area contributed by atoms with Crippen molar-refractivity contribution in [1.82, 2.24) is 15.0 Å². The summed E-state index contributed by atoms with van der Waals surface area (Å²) < 4.78 is 16.6. The highest BCUT2D eigenvalue weighted by atomic mass is 16.5. The van der Waals surface area contributed by atoms with Gasteiger partial charge in [0, 0.05) is 20.2 Å². The minimum Gasteiger partial charge on any atom is -0.492 e. The average molecular weight is 328 g/mol. The van der Waals surface area contributed by atoms with Gasteiger partial charge in [-0.05, 0) is 31.5 Å². The molecule has 2 heterocycles. The first-order valence-corrected chi connectivity index (χ1v) is 7.89. The van der Waals surface area contributed by atoms with Crippen LogP contribution in [0.15, 0.2) is 28.8 Å². The quantitative estimate of drug-likeness (QED) is 0.802. The first-order valence-electron chi connectivity index (χ1n) is 7.89. The summed E-state index contributed by atoms with van der Waals surface area (Å²) in [5, 5.41) is 12.8. The fourth-order valence-corrected chi connectivity index (χ4v) is 2.92. The Morgan fingerprint density at radius 2 is 2.33 bits per heavy atom. The molecule has 0 aliphatic carbocycles. The molecule has 2 aromatic rings. The number of ether oxygens (including phenoxy) is 2. The van der Waals surface area contributed by atoms with Crippen LogP contribution in [0.2, 0.25) is 0 Å². The lowest BCUT2D eigenvalue weighted by molar-refractivity contribution is 0.105. The highest BCUT2D eigenvalue weighted by Crippen LogP contribution is 2.32. The third kappa shape index (κ3) is 3.72.